The smallest absolute Gasteiger partial charge is 0.259 e. The average Bonchev–Trinajstić information content (AvgIpc) is 3.40. The fourth-order valence-electron chi connectivity index (χ4n) is 3.45. The van der Waals surface area contributed by atoms with E-state index in [1.54, 1.807) is 19.4 Å². The maximum Gasteiger partial charge on any atom is 0.259 e. The van der Waals surface area contributed by atoms with Crippen LogP contribution in [0.4, 0.5) is 5.82 Å². The summed E-state index contributed by atoms with van der Waals surface area (Å²) in [4.78, 5) is 23.6. The fourth-order valence-corrected chi connectivity index (χ4v) is 3.45. The molecular formula is C20H23N5O3. The summed E-state index contributed by atoms with van der Waals surface area (Å²) >= 11 is 0. The predicted molar refractivity (Wildman–Crippen MR) is 102 cm³/mol. The highest BCUT2D eigenvalue weighted by Gasteiger charge is 2.28. The largest absolute Gasteiger partial charge is 0.467 e. The van der Waals surface area contributed by atoms with Crippen molar-refractivity contribution >= 4 is 11.7 Å². The second-order valence-electron chi connectivity index (χ2n) is 7.08. The third-order valence-corrected chi connectivity index (χ3v) is 4.97. The highest BCUT2D eigenvalue weighted by Crippen LogP contribution is 2.25. The second kappa shape index (κ2) is 7.84. The van der Waals surface area contributed by atoms with E-state index in [1.165, 1.54) is 0 Å². The molecule has 146 valence electrons. The molecule has 3 aromatic rings. The Morgan fingerprint density at radius 1 is 1.36 bits per heavy atom. The van der Waals surface area contributed by atoms with Crippen molar-refractivity contribution in [2.45, 2.75) is 32.7 Å². The first kappa shape index (κ1) is 18.2. The molecule has 0 unspecified atom stereocenters. The Balaban J connectivity index is 1.40. The molecule has 8 nitrogen and oxygen atoms in total. The van der Waals surface area contributed by atoms with Gasteiger partial charge in [0.1, 0.15) is 11.6 Å². The molecule has 4 heterocycles. The highest BCUT2D eigenvalue weighted by atomic mass is 16.5. The van der Waals surface area contributed by atoms with Gasteiger partial charge in [0.15, 0.2) is 5.82 Å². The number of anilines is 1. The maximum atomic E-state index is 12.7. The zero-order valence-electron chi connectivity index (χ0n) is 16.0. The Morgan fingerprint density at radius 2 is 2.25 bits per heavy atom. The van der Waals surface area contributed by atoms with Crippen molar-refractivity contribution in [1.82, 2.24) is 20.4 Å². The van der Waals surface area contributed by atoms with Crippen LogP contribution in [0.5, 0.6) is 0 Å². The quantitative estimate of drug-likeness (QED) is 0.725. The Labute approximate surface area is 162 Å². The summed E-state index contributed by atoms with van der Waals surface area (Å²) < 4.78 is 10.5. The van der Waals surface area contributed by atoms with E-state index in [0.29, 0.717) is 18.3 Å². The molecule has 0 radical (unpaired) electrons. The standard InChI is InChI=1S/C20H23N5O3/c1-13(17-6-4-10-27-17)22-19(26)16-5-3-9-25(12-16)18-8-7-15(11-21-18)20-23-14(2)24-28-20/h4,6-8,10-11,13,16H,3,5,9,12H2,1-2H3,(H,22,26)/t13-,16-/m1/s1. The summed E-state index contributed by atoms with van der Waals surface area (Å²) in [5, 5.41) is 6.85. The molecule has 2 atom stereocenters. The molecule has 0 aromatic carbocycles. The average molecular weight is 381 g/mol. The Morgan fingerprint density at radius 3 is 2.93 bits per heavy atom. The van der Waals surface area contributed by atoms with E-state index in [9.17, 15) is 4.79 Å². The lowest BCUT2D eigenvalue weighted by Crippen LogP contribution is -2.43. The Bertz CT molecular complexity index is 920. The summed E-state index contributed by atoms with van der Waals surface area (Å²) in [7, 11) is 0. The first-order valence-corrected chi connectivity index (χ1v) is 9.45. The number of aromatic nitrogens is 3. The van der Waals surface area contributed by atoms with Crippen LogP contribution in [0.3, 0.4) is 0 Å². The first-order chi connectivity index (χ1) is 13.6. The van der Waals surface area contributed by atoms with Gasteiger partial charge >= 0.3 is 0 Å². The van der Waals surface area contributed by atoms with Gasteiger partial charge in [0, 0.05) is 19.3 Å². The van der Waals surface area contributed by atoms with E-state index in [-0.39, 0.29) is 17.9 Å². The number of hydrogen-bond donors (Lipinski definition) is 1. The molecule has 8 heteroatoms. The first-order valence-electron chi connectivity index (χ1n) is 9.45. The van der Waals surface area contributed by atoms with Crippen LogP contribution in [0.15, 0.2) is 45.7 Å². The minimum absolute atomic E-state index is 0.0477. The molecule has 0 spiro atoms. The van der Waals surface area contributed by atoms with Gasteiger partial charge in [-0.05, 0) is 51.0 Å². The zero-order valence-corrected chi connectivity index (χ0v) is 16.0. The van der Waals surface area contributed by atoms with Crippen molar-refractivity contribution in [1.29, 1.82) is 0 Å². The fraction of sp³-hybridized carbons (Fsp3) is 0.400. The predicted octanol–water partition coefficient (Wildman–Crippen LogP) is 3.13. The van der Waals surface area contributed by atoms with Crippen LogP contribution >= 0.6 is 0 Å². The lowest BCUT2D eigenvalue weighted by Gasteiger charge is -2.33. The van der Waals surface area contributed by atoms with E-state index in [0.717, 1.165) is 36.5 Å². The molecule has 4 rings (SSSR count). The summed E-state index contributed by atoms with van der Waals surface area (Å²) in [5.41, 5.74) is 0.780. The molecule has 1 fully saturated rings. The minimum Gasteiger partial charge on any atom is -0.467 e. The molecule has 1 amide bonds. The summed E-state index contributed by atoms with van der Waals surface area (Å²) in [6, 6.07) is 7.39. The van der Waals surface area contributed by atoms with Crippen LogP contribution in [0.2, 0.25) is 0 Å². The van der Waals surface area contributed by atoms with Gasteiger partial charge in [0.2, 0.25) is 5.91 Å². The van der Waals surface area contributed by atoms with Gasteiger partial charge < -0.3 is 19.2 Å². The SMILES string of the molecule is Cc1noc(-c2ccc(N3CCC[C@@H](C(=O)N[C@H](C)c4ccco4)C3)nc2)n1. The van der Waals surface area contributed by atoms with Gasteiger partial charge in [-0.1, -0.05) is 5.16 Å². The molecule has 1 aliphatic rings. The third kappa shape index (κ3) is 3.90. The maximum absolute atomic E-state index is 12.7. The van der Waals surface area contributed by atoms with Gasteiger partial charge in [-0.25, -0.2) is 4.98 Å². The Kier molecular flexibility index (Phi) is 5.10. The van der Waals surface area contributed by atoms with Crippen molar-refractivity contribution in [2.75, 3.05) is 18.0 Å². The number of rotatable bonds is 5. The van der Waals surface area contributed by atoms with Gasteiger partial charge in [0.25, 0.3) is 5.89 Å². The minimum atomic E-state index is -0.145. The third-order valence-electron chi connectivity index (χ3n) is 4.97. The molecule has 28 heavy (non-hydrogen) atoms. The number of carbonyl (C=O) groups excluding carboxylic acids is 1. The number of carbonyl (C=O) groups is 1. The number of nitrogens with zero attached hydrogens (tertiary/aromatic N) is 4. The van der Waals surface area contributed by atoms with Crippen LogP contribution in [0.25, 0.3) is 11.5 Å². The van der Waals surface area contributed by atoms with E-state index < -0.39 is 0 Å². The van der Waals surface area contributed by atoms with Crippen molar-refractivity contribution in [3.8, 4) is 11.5 Å². The molecule has 0 bridgehead atoms. The number of piperidine rings is 1. The van der Waals surface area contributed by atoms with E-state index >= 15 is 0 Å². The number of amides is 1. The van der Waals surface area contributed by atoms with E-state index in [4.69, 9.17) is 8.94 Å². The zero-order chi connectivity index (χ0) is 19.5. The van der Waals surface area contributed by atoms with Crippen LogP contribution in [-0.2, 0) is 4.79 Å². The number of hydrogen-bond acceptors (Lipinski definition) is 7. The van der Waals surface area contributed by atoms with Gasteiger partial charge in [-0.15, -0.1) is 0 Å². The van der Waals surface area contributed by atoms with Crippen molar-refractivity contribution < 1.29 is 13.7 Å². The number of aryl methyl sites for hydroxylation is 1. The van der Waals surface area contributed by atoms with Gasteiger partial charge in [-0.2, -0.15) is 4.98 Å². The molecule has 1 N–H and O–H groups in total. The van der Waals surface area contributed by atoms with Gasteiger partial charge in [-0.3, -0.25) is 4.79 Å². The van der Waals surface area contributed by atoms with Crippen LogP contribution in [0, 0.1) is 12.8 Å². The number of furan rings is 1. The number of pyridine rings is 1. The normalized spacial score (nSPS) is 18.1. The van der Waals surface area contributed by atoms with Crippen molar-refractivity contribution in [3.63, 3.8) is 0 Å². The molecule has 1 saturated heterocycles. The highest BCUT2D eigenvalue weighted by molar-refractivity contribution is 5.80. The molecule has 0 saturated carbocycles. The lowest BCUT2D eigenvalue weighted by atomic mass is 9.96. The second-order valence-corrected chi connectivity index (χ2v) is 7.08. The van der Waals surface area contributed by atoms with Gasteiger partial charge in [0.05, 0.1) is 23.8 Å². The summed E-state index contributed by atoms with van der Waals surface area (Å²) in [6.45, 7) is 5.23. The monoisotopic (exact) mass is 381 g/mol. The van der Waals surface area contributed by atoms with Crippen LogP contribution < -0.4 is 10.2 Å². The summed E-state index contributed by atoms with van der Waals surface area (Å²) in [6.07, 6.45) is 5.16. The van der Waals surface area contributed by atoms with Crippen molar-refractivity contribution in [2.24, 2.45) is 5.92 Å². The lowest BCUT2D eigenvalue weighted by molar-refractivity contribution is -0.126. The molecule has 0 aliphatic carbocycles. The van der Waals surface area contributed by atoms with E-state index in [1.807, 2.05) is 31.2 Å². The Hall–Kier alpha value is -3.16. The summed E-state index contributed by atoms with van der Waals surface area (Å²) in [5.74, 6) is 2.62. The van der Waals surface area contributed by atoms with E-state index in [2.05, 4.69) is 25.3 Å². The molecule has 3 aromatic heterocycles. The molecule has 1 aliphatic heterocycles. The molecular weight excluding hydrogens is 358 g/mol. The van der Waals surface area contributed by atoms with Crippen LogP contribution in [-0.4, -0.2) is 34.1 Å². The number of nitrogens with one attached hydrogen (secondary N) is 1. The van der Waals surface area contributed by atoms with Crippen molar-refractivity contribution in [3.05, 3.63) is 48.3 Å². The topological polar surface area (TPSA) is 97.3 Å². The van der Waals surface area contributed by atoms with Crippen LogP contribution in [0.1, 0.15) is 37.4 Å².